The number of hydrogen-bond acceptors (Lipinski definition) is 3. The fraction of sp³-hybridized carbons (Fsp3) is 0.214. The predicted octanol–water partition coefficient (Wildman–Crippen LogP) is 2.40. The Morgan fingerprint density at radius 1 is 1.26 bits per heavy atom. The van der Waals surface area contributed by atoms with E-state index in [1.54, 1.807) is 12.1 Å². The van der Waals surface area contributed by atoms with Gasteiger partial charge in [-0.05, 0) is 29.7 Å². The van der Waals surface area contributed by atoms with Crippen molar-refractivity contribution < 1.29 is 14.2 Å². The summed E-state index contributed by atoms with van der Waals surface area (Å²) in [6, 6.07) is 7.19. The Kier molecular flexibility index (Phi) is 3.46. The Morgan fingerprint density at radius 3 is 2.42 bits per heavy atom. The number of rotatable bonds is 3. The highest BCUT2D eigenvalue weighted by Gasteiger charge is 2.18. The molecule has 98 valence electrons. The molecule has 19 heavy (non-hydrogen) atoms. The van der Waals surface area contributed by atoms with Gasteiger partial charge < -0.3 is 4.74 Å². The molecule has 0 spiro atoms. The fourth-order valence-electron chi connectivity index (χ4n) is 1.97. The summed E-state index contributed by atoms with van der Waals surface area (Å²) in [5, 5.41) is 10.9. The van der Waals surface area contributed by atoms with E-state index in [4.69, 9.17) is 4.74 Å². The van der Waals surface area contributed by atoms with Crippen LogP contribution in [0.3, 0.4) is 0 Å². The van der Waals surface area contributed by atoms with E-state index in [0.717, 1.165) is 16.7 Å². The van der Waals surface area contributed by atoms with Gasteiger partial charge in [-0.15, -0.1) is 0 Å². The molecular formula is C14H15N2O3+. The second-order valence-electron chi connectivity index (χ2n) is 4.35. The summed E-state index contributed by atoms with van der Waals surface area (Å²) in [6.07, 6.45) is 3.87. The van der Waals surface area contributed by atoms with Crippen LogP contribution >= 0.6 is 0 Å². The minimum absolute atomic E-state index is 0.00904. The van der Waals surface area contributed by atoms with Gasteiger partial charge in [0.05, 0.1) is 12.0 Å². The SMILES string of the molecule is COc1cc(-c2cc[n+](C)cc2)c(C)cc1[N+](=O)[O-]. The van der Waals surface area contributed by atoms with Gasteiger partial charge in [0.1, 0.15) is 7.05 Å². The van der Waals surface area contributed by atoms with Gasteiger partial charge in [0.2, 0.25) is 0 Å². The molecule has 0 radical (unpaired) electrons. The predicted molar refractivity (Wildman–Crippen MR) is 71.0 cm³/mol. The summed E-state index contributed by atoms with van der Waals surface area (Å²) in [5.41, 5.74) is 2.78. The van der Waals surface area contributed by atoms with Crippen LogP contribution in [-0.2, 0) is 7.05 Å². The molecule has 0 fully saturated rings. The summed E-state index contributed by atoms with van der Waals surface area (Å²) < 4.78 is 7.03. The molecule has 0 aliphatic rings. The van der Waals surface area contributed by atoms with Crippen molar-refractivity contribution in [1.82, 2.24) is 0 Å². The zero-order valence-corrected chi connectivity index (χ0v) is 11.1. The molecule has 0 atom stereocenters. The molecule has 0 unspecified atom stereocenters. The van der Waals surface area contributed by atoms with E-state index in [1.807, 2.05) is 43.1 Å². The maximum atomic E-state index is 10.9. The summed E-state index contributed by atoms with van der Waals surface area (Å²) >= 11 is 0. The van der Waals surface area contributed by atoms with Crippen LogP contribution < -0.4 is 9.30 Å². The third-order valence-electron chi connectivity index (χ3n) is 3.01. The Hall–Kier alpha value is -2.43. The maximum Gasteiger partial charge on any atom is 0.311 e. The van der Waals surface area contributed by atoms with Gasteiger partial charge in [0.25, 0.3) is 0 Å². The number of benzene rings is 1. The highest BCUT2D eigenvalue weighted by molar-refractivity contribution is 5.71. The second kappa shape index (κ2) is 5.06. The summed E-state index contributed by atoms with van der Waals surface area (Å²) in [5.74, 6) is 0.277. The minimum atomic E-state index is -0.430. The largest absolute Gasteiger partial charge is 0.490 e. The monoisotopic (exact) mass is 259 g/mol. The molecule has 0 aliphatic heterocycles. The highest BCUT2D eigenvalue weighted by atomic mass is 16.6. The lowest BCUT2D eigenvalue weighted by atomic mass is 10.0. The van der Waals surface area contributed by atoms with E-state index in [-0.39, 0.29) is 11.4 Å². The van der Waals surface area contributed by atoms with Crippen molar-refractivity contribution in [2.45, 2.75) is 6.92 Å². The topological polar surface area (TPSA) is 56.2 Å². The summed E-state index contributed by atoms with van der Waals surface area (Å²) in [6.45, 7) is 1.86. The summed E-state index contributed by atoms with van der Waals surface area (Å²) in [7, 11) is 3.37. The van der Waals surface area contributed by atoms with Gasteiger partial charge >= 0.3 is 5.69 Å². The first-order valence-electron chi connectivity index (χ1n) is 5.81. The number of aryl methyl sites for hydroxylation is 2. The van der Waals surface area contributed by atoms with Crippen molar-refractivity contribution >= 4 is 5.69 Å². The number of pyridine rings is 1. The van der Waals surface area contributed by atoms with Crippen molar-refractivity contribution in [3.8, 4) is 16.9 Å². The standard InChI is InChI=1S/C14H15N2O3/c1-10-8-13(16(17)18)14(19-3)9-12(10)11-4-6-15(2)7-5-11/h4-9H,1-3H3/q+1. The molecule has 2 rings (SSSR count). The molecule has 1 aromatic carbocycles. The van der Waals surface area contributed by atoms with Gasteiger partial charge in [-0.2, -0.15) is 0 Å². The van der Waals surface area contributed by atoms with Gasteiger partial charge in [-0.1, -0.05) is 0 Å². The van der Waals surface area contributed by atoms with E-state index >= 15 is 0 Å². The lowest BCUT2D eigenvalue weighted by Crippen LogP contribution is -2.25. The van der Waals surface area contributed by atoms with Gasteiger partial charge in [0, 0.05) is 18.2 Å². The third kappa shape index (κ3) is 2.54. The van der Waals surface area contributed by atoms with Crippen LogP contribution in [0, 0.1) is 17.0 Å². The van der Waals surface area contributed by atoms with E-state index in [0.29, 0.717) is 0 Å². The molecule has 5 heteroatoms. The van der Waals surface area contributed by atoms with Crippen LogP contribution in [0.25, 0.3) is 11.1 Å². The summed E-state index contributed by atoms with van der Waals surface area (Å²) in [4.78, 5) is 10.5. The molecular weight excluding hydrogens is 244 g/mol. The normalized spacial score (nSPS) is 10.3. The van der Waals surface area contributed by atoms with E-state index < -0.39 is 4.92 Å². The molecule has 1 aromatic heterocycles. The fourth-order valence-corrected chi connectivity index (χ4v) is 1.97. The zero-order valence-electron chi connectivity index (χ0n) is 11.1. The Labute approximate surface area is 111 Å². The molecule has 0 N–H and O–H groups in total. The zero-order chi connectivity index (χ0) is 14.0. The van der Waals surface area contributed by atoms with Crippen LogP contribution in [0.5, 0.6) is 5.75 Å². The second-order valence-corrected chi connectivity index (χ2v) is 4.35. The van der Waals surface area contributed by atoms with Crippen LogP contribution in [0.2, 0.25) is 0 Å². The first-order valence-corrected chi connectivity index (χ1v) is 5.81. The molecule has 5 nitrogen and oxygen atoms in total. The lowest BCUT2D eigenvalue weighted by molar-refractivity contribution is -0.671. The van der Waals surface area contributed by atoms with Crippen molar-refractivity contribution in [3.63, 3.8) is 0 Å². The van der Waals surface area contributed by atoms with Crippen LogP contribution in [0.1, 0.15) is 5.56 Å². The smallest absolute Gasteiger partial charge is 0.311 e. The molecule has 1 heterocycles. The van der Waals surface area contributed by atoms with Crippen LogP contribution in [0.15, 0.2) is 36.7 Å². The number of hydrogen-bond donors (Lipinski definition) is 0. The van der Waals surface area contributed by atoms with Crippen LogP contribution in [0.4, 0.5) is 5.69 Å². The molecule has 0 saturated heterocycles. The van der Waals surface area contributed by atoms with E-state index in [9.17, 15) is 10.1 Å². The maximum absolute atomic E-state index is 10.9. The number of ether oxygens (including phenoxy) is 1. The van der Waals surface area contributed by atoms with Gasteiger partial charge in [-0.3, -0.25) is 10.1 Å². The Morgan fingerprint density at radius 2 is 1.89 bits per heavy atom. The number of nitro benzene ring substituents is 1. The van der Waals surface area contributed by atoms with Crippen molar-refractivity contribution in [2.24, 2.45) is 7.05 Å². The minimum Gasteiger partial charge on any atom is -0.490 e. The average Bonchev–Trinajstić information content (AvgIpc) is 2.39. The van der Waals surface area contributed by atoms with Crippen molar-refractivity contribution in [3.05, 3.63) is 52.3 Å². The number of methoxy groups -OCH3 is 1. The van der Waals surface area contributed by atoms with Gasteiger partial charge in [0.15, 0.2) is 18.1 Å². The van der Waals surface area contributed by atoms with E-state index in [1.165, 1.54) is 7.11 Å². The first-order chi connectivity index (χ1) is 9.02. The molecule has 0 amide bonds. The molecule has 2 aromatic rings. The quantitative estimate of drug-likeness (QED) is 0.483. The van der Waals surface area contributed by atoms with Crippen LogP contribution in [-0.4, -0.2) is 12.0 Å². The van der Waals surface area contributed by atoms with Crippen molar-refractivity contribution in [2.75, 3.05) is 7.11 Å². The van der Waals surface area contributed by atoms with Crippen molar-refractivity contribution in [1.29, 1.82) is 0 Å². The van der Waals surface area contributed by atoms with Gasteiger partial charge in [-0.25, -0.2) is 4.57 Å². The highest BCUT2D eigenvalue weighted by Crippen LogP contribution is 2.34. The number of nitrogens with zero attached hydrogens (tertiary/aromatic N) is 2. The number of aromatic nitrogens is 1. The number of nitro groups is 1. The average molecular weight is 259 g/mol. The Bertz CT molecular complexity index is 621. The lowest BCUT2D eigenvalue weighted by Gasteiger charge is -2.08. The van der Waals surface area contributed by atoms with E-state index in [2.05, 4.69) is 0 Å². The molecule has 0 saturated carbocycles. The third-order valence-corrected chi connectivity index (χ3v) is 3.01. The Balaban J connectivity index is 2.58. The first kappa shape index (κ1) is 13.0. The molecule has 0 bridgehead atoms. The molecule has 0 aliphatic carbocycles.